The van der Waals surface area contributed by atoms with Gasteiger partial charge in [0.1, 0.15) is 0 Å². The molecule has 1 aromatic rings. The zero-order chi connectivity index (χ0) is 17.2. The summed E-state index contributed by atoms with van der Waals surface area (Å²) in [7, 11) is 0. The van der Waals surface area contributed by atoms with Gasteiger partial charge in [-0.05, 0) is 55.4 Å². The molecule has 24 heavy (non-hydrogen) atoms. The Bertz CT molecular complexity index is 598. The van der Waals surface area contributed by atoms with Crippen LogP contribution in [0.2, 0.25) is 0 Å². The van der Waals surface area contributed by atoms with Crippen LogP contribution in [0.1, 0.15) is 49.4 Å². The number of carbonyl (C=O) groups excluding carboxylic acids is 2. The van der Waals surface area contributed by atoms with Gasteiger partial charge in [-0.3, -0.25) is 9.59 Å². The van der Waals surface area contributed by atoms with E-state index < -0.39 is 0 Å². The molecule has 5 heteroatoms. The van der Waals surface area contributed by atoms with Crippen LogP contribution in [0.5, 0.6) is 0 Å². The molecule has 0 aliphatic carbocycles. The largest absolute Gasteiger partial charge is 0.396 e. The molecule has 0 aromatic heterocycles. The highest BCUT2D eigenvalue weighted by molar-refractivity contribution is 5.97. The number of benzene rings is 1. The first-order valence-corrected chi connectivity index (χ1v) is 8.89. The highest BCUT2D eigenvalue weighted by Crippen LogP contribution is 2.34. The van der Waals surface area contributed by atoms with Crippen molar-refractivity contribution in [2.45, 2.75) is 39.0 Å². The number of likely N-dealkylation sites (tertiary alicyclic amines) is 1. The van der Waals surface area contributed by atoms with E-state index in [1.165, 1.54) is 0 Å². The lowest BCUT2D eigenvalue weighted by Crippen LogP contribution is -2.44. The van der Waals surface area contributed by atoms with E-state index in [0.29, 0.717) is 25.1 Å². The number of rotatable bonds is 4. The van der Waals surface area contributed by atoms with Crippen LogP contribution in [0.15, 0.2) is 24.3 Å². The van der Waals surface area contributed by atoms with Gasteiger partial charge in [0.2, 0.25) is 5.91 Å². The second kappa shape index (κ2) is 6.93. The number of aliphatic hydroxyl groups is 1. The Hall–Kier alpha value is -1.88. The summed E-state index contributed by atoms with van der Waals surface area (Å²) in [5.41, 5.74) is 1.52. The Labute approximate surface area is 143 Å². The van der Waals surface area contributed by atoms with Gasteiger partial charge in [0.05, 0.1) is 0 Å². The first-order chi connectivity index (χ1) is 11.6. The standard InChI is InChI=1S/C19H26N2O3/c1-2-19(14-22)9-12-20(13-10-19)18(24)15-5-7-16(8-6-15)21-11-3-4-17(21)23/h5-8,22H,2-4,9-14H2,1H3. The average molecular weight is 330 g/mol. The van der Waals surface area contributed by atoms with Crippen LogP contribution in [0.4, 0.5) is 5.69 Å². The smallest absolute Gasteiger partial charge is 0.253 e. The minimum Gasteiger partial charge on any atom is -0.396 e. The highest BCUT2D eigenvalue weighted by atomic mass is 16.3. The van der Waals surface area contributed by atoms with Crippen molar-refractivity contribution in [1.29, 1.82) is 0 Å². The van der Waals surface area contributed by atoms with Crippen LogP contribution in [0.25, 0.3) is 0 Å². The summed E-state index contributed by atoms with van der Waals surface area (Å²) in [6, 6.07) is 7.36. The number of carbonyl (C=O) groups is 2. The molecule has 1 N–H and O–H groups in total. The van der Waals surface area contributed by atoms with Crippen molar-refractivity contribution in [3.05, 3.63) is 29.8 Å². The molecule has 2 fully saturated rings. The molecular formula is C19H26N2O3. The van der Waals surface area contributed by atoms with E-state index in [-0.39, 0.29) is 23.8 Å². The lowest BCUT2D eigenvalue weighted by molar-refractivity contribution is -0.117. The third-order valence-corrected chi connectivity index (χ3v) is 5.70. The monoisotopic (exact) mass is 330 g/mol. The second-order valence-electron chi connectivity index (χ2n) is 7.00. The lowest BCUT2D eigenvalue weighted by atomic mass is 9.77. The number of nitrogens with zero attached hydrogens (tertiary/aromatic N) is 2. The molecule has 2 heterocycles. The van der Waals surface area contributed by atoms with Gasteiger partial charge in [-0.1, -0.05) is 6.92 Å². The van der Waals surface area contributed by atoms with Crippen LogP contribution in [-0.4, -0.2) is 48.1 Å². The van der Waals surface area contributed by atoms with Crippen molar-refractivity contribution in [3.63, 3.8) is 0 Å². The summed E-state index contributed by atoms with van der Waals surface area (Å²) in [6.45, 7) is 4.45. The summed E-state index contributed by atoms with van der Waals surface area (Å²) < 4.78 is 0. The van der Waals surface area contributed by atoms with Crippen molar-refractivity contribution in [1.82, 2.24) is 4.90 Å². The van der Waals surface area contributed by atoms with Crippen molar-refractivity contribution in [2.24, 2.45) is 5.41 Å². The molecule has 2 amide bonds. The van der Waals surface area contributed by atoms with E-state index >= 15 is 0 Å². The van der Waals surface area contributed by atoms with Crippen LogP contribution in [0.3, 0.4) is 0 Å². The second-order valence-corrected chi connectivity index (χ2v) is 7.00. The molecule has 3 rings (SSSR count). The zero-order valence-corrected chi connectivity index (χ0v) is 14.3. The predicted octanol–water partition coefficient (Wildman–Crippen LogP) is 2.44. The van der Waals surface area contributed by atoms with Gasteiger partial charge in [-0.25, -0.2) is 0 Å². The maximum absolute atomic E-state index is 12.7. The highest BCUT2D eigenvalue weighted by Gasteiger charge is 2.34. The van der Waals surface area contributed by atoms with Crippen molar-refractivity contribution >= 4 is 17.5 Å². The third kappa shape index (κ3) is 3.18. The molecule has 0 unspecified atom stereocenters. The maximum atomic E-state index is 12.7. The van der Waals surface area contributed by atoms with Crippen LogP contribution in [0, 0.1) is 5.41 Å². The lowest BCUT2D eigenvalue weighted by Gasteiger charge is -2.40. The summed E-state index contributed by atoms with van der Waals surface area (Å²) in [4.78, 5) is 28.1. The molecule has 130 valence electrons. The summed E-state index contributed by atoms with van der Waals surface area (Å²) >= 11 is 0. The van der Waals surface area contributed by atoms with Crippen LogP contribution < -0.4 is 4.90 Å². The number of hydrogen-bond acceptors (Lipinski definition) is 3. The van der Waals surface area contributed by atoms with E-state index in [2.05, 4.69) is 6.92 Å². The quantitative estimate of drug-likeness (QED) is 0.922. The zero-order valence-electron chi connectivity index (χ0n) is 14.3. The normalized spacial score (nSPS) is 20.5. The molecule has 5 nitrogen and oxygen atoms in total. The molecule has 0 radical (unpaired) electrons. The Morgan fingerprint density at radius 2 is 1.83 bits per heavy atom. The van der Waals surface area contributed by atoms with Crippen LogP contribution >= 0.6 is 0 Å². The Kier molecular flexibility index (Phi) is 4.90. The van der Waals surface area contributed by atoms with Gasteiger partial charge in [0.25, 0.3) is 5.91 Å². The molecule has 2 aliphatic heterocycles. The van der Waals surface area contributed by atoms with E-state index in [1.54, 1.807) is 4.90 Å². The number of piperidine rings is 1. The fourth-order valence-electron chi connectivity index (χ4n) is 3.70. The van der Waals surface area contributed by atoms with E-state index in [0.717, 1.165) is 37.9 Å². The summed E-state index contributed by atoms with van der Waals surface area (Å²) in [5, 5.41) is 9.60. The van der Waals surface area contributed by atoms with Crippen LogP contribution in [-0.2, 0) is 4.79 Å². The van der Waals surface area contributed by atoms with Gasteiger partial charge >= 0.3 is 0 Å². The Morgan fingerprint density at radius 3 is 2.33 bits per heavy atom. The minimum atomic E-state index is -0.0171. The number of aliphatic hydroxyl groups excluding tert-OH is 1. The topological polar surface area (TPSA) is 60.9 Å². The fraction of sp³-hybridized carbons (Fsp3) is 0.579. The number of hydrogen-bond donors (Lipinski definition) is 1. The van der Waals surface area contributed by atoms with Crippen molar-refractivity contribution in [3.8, 4) is 0 Å². The van der Waals surface area contributed by atoms with E-state index in [4.69, 9.17) is 0 Å². The molecule has 0 bridgehead atoms. The first kappa shape index (κ1) is 17.0. The van der Waals surface area contributed by atoms with E-state index in [9.17, 15) is 14.7 Å². The SMILES string of the molecule is CCC1(CO)CCN(C(=O)c2ccc(N3CCCC3=O)cc2)CC1. The predicted molar refractivity (Wildman–Crippen MR) is 93.0 cm³/mol. The summed E-state index contributed by atoms with van der Waals surface area (Å²) in [5.74, 6) is 0.196. The molecule has 0 atom stereocenters. The third-order valence-electron chi connectivity index (χ3n) is 5.70. The van der Waals surface area contributed by atoms with Gasteiger partial charge in [-0.15, -0.1) is 0 Å². The number of anilines is 1. The van der Waals surface area contributed by atoms with Gasteiger partial charge in [0.15, 0.2) is 0 Å². The minimum absolute atomic E-state index is 0.0171. The molecule has 0 spiro atoms. The molecular weight excluding hydrogens is 304 g/mol. The van der Waals surface area contributed by atoms with Crippen molar-refractivity contribution < 1.29 is 14.7 Å². The summed E-state index contributed by atoms with van der Waals surface area (Å²) in [6.07, 6.45) is 4.16. The Balaban J connectivity index is 1.65. The first-order valence-electron chi connectivity index (χ1n) is 8.89. The fourth-order valence-corrected chi connectivity index (χ4v) is 3.70. The maximum Gasteiger partial charge on any atom is 0.253 e. The molecule has 0 saturated carbocycles. The van der Waals surface area contributed by atoms with Crippen molar-refractivity contribution in [2.75, 3.05) is 31.1 Å². The Morgan fingerprint density at radius 1 is 1.17 bits per heavy atom. The van der Waals surface area contributed by atoms with Gasteiger partial charge in [0, 0.05) is 43.9 Å². The average Bonchev–Trinajstić information content (AvgIpc) is 3.07. The van der Waals surface area contributed by atoms with Gasteiger partial charge < -0.3 is 14.9 Å². The van der Waals surface area contributed by atoms with Gasteiger partial charge in [-0.2, -0.15) is 0 Å². The number of amides is 2. The molecule has 2 aliphatic rings. The molecule has 2 saturated heterocycles. The molecule has 1 aromatic carbocycles. The van der Waals surface area contributed by atoms with E-state index in [1.807, 2.05) is 29.2 Å².